The van der Waals surface area contributed by atoms with Crippen molar-refractivity contribution in [3.63, 3.8) is 0 Å². The van der Waals surface area contributed by atoms with Gasteiger partial charge in [0.25, 0.3) is 10.0 Å². The van der Waals surface area contributed by atoms with Gasteiger partial charge in [0, 0.05) is 44.5 Å². The van der Waals surface area contributed by atoms with Crippen LogP contribution < -0.4 is 14.2 Å². The van der Waals surface area contributed by atoms with Crippen molar-refractivity contribution in [1.29, 1.82) is 0 Å². The minimum Gasteiger partial charge on any atom is -0.497 e. The van der Waals surface area contributed by atoms with E-state index in [0.717, 1.165) is 38.3 Å². The number of benzene rings is 2. The number of methoxy groups -OCH3 is 2. The molecule has 0 aromatic heterocycles. The summed E-state index contributed by atoms with van der Waals surface area (Å²) in [4.78, 5) is 4.76. The highest BCUT2D eigenvalue weighted by molar-refractivity contribution is 7.92. The Labute approximate surface area is 166 Å². The number of hydrogen-bond acceptors (Lipinski definition) is 6. The van der Waals surface area contributed by atoms with Crippen molar-refractivity contribution in [1.82, 2.24) is 9.80 Å². The minimum atomic E-state index is -3.81. The van der Waals surface area contributed by atoms with Gasteiger partial charge in [0.15, 0.2) is 0 Å². The lowest BCUT2D eigenvalue weighted by atomic mass is 10.2. The molecule has 0 saturated carbocycles. The summed E-state index contributed by atoms with van der Waals surface area (Å²) in [5, 5.41) is 0. The van der Waals surface area contributed by atoms with Crippen LogP contribution in [0.3, 0.4) is 0 Å². The number of ether oxygens (including phenoxy) is 2. The zero-order chi connectivity index (χ0) is 20.1. The number of rotatable bonds is 7. The lowest BCUT2D eigenvalue weighted by molar-refractivity contribution is 0.148. The molecule has 2 aromatic rings. The molecule has 152 valence electrons. The Bertz CT molecular complexity index is 892. The van der Waals surface area contributed by atoms with E-state index in [4.69, 9.17) is 9.47 Å². The number of nitrogens with one attached hydrogen (secondary N) is 1. The van der Waals surface area contributed by atoms with Crippen LogP contribution >= 0.6 is 0 Å². The summed E-state index contributed by atoms with van der Waals surface area (Å²) >= 11 is 0. The summed E-state index contributed by atoms with van der Waals surface area (Å²) in [5.74, 6) is 0.712. The average Bonchev–Trinajstić information content (AvgIpc) is 2.70. The molecule has 0 aliphatic carbocycles. The summed E-state index contributed by atoms with van der Waals surface area (Å²) in [6, 6.07) is 12.2. The summed E-state index contributed by atoms with van der Waals surface area (Å²) < 4.78 is 38.6. The summed E-state index contributed by atoms with van der Waals surface area (Å²) in [7, 11) is 1.26. The van der Waals surface area contributed by atoms with Crippen molar-refractivity contribution >= 4 is 15.7 Å². The van der Waals surface area contributed by atoms with Gasteiger partial charge < -0.3 is 14.4 Å². The van der Waals surface area contributed by atoms with Gasteiger partial charge in [0.05, 0.1) is 14.2 Å². The van der Waals surface area contributed by atoms with E-state index in [2.05, 4.69) is 21.6 Å². The predicted molar refractivity (Wildman–Crippen MR) is 110 cm³/mol. The van der Waals surface area contributed by atoms with Crippen LogP contribution in [0.15, 0.2) is 47.4 Å². The fourth-order valence-corrected chi connectivity index (χ4v) is 4.39. The summed E-state index contributed by atoms with van der Waals surface area (Å²) in [5.41, 5.74) is 1.67. The van der Waals surface area contributed by atoms with Gasteiger partial charge in [0.1, 0.15) is 16.4 Å². The molecule has 8 heteroatoms. The van der Waals surface area contributed by atoms with Gasteiger partial charge in [-0.25, -0.2) is 8.42 Å². The second kappa shape index (κ2) is 8.81. The van der Waals surface area contributed by atoms with Crippen molar-refractivity contribution in [3.05, 3.63) is 48.0 Å². The Kier molecular flexibility index (Phi) is 6.43. The van der Waals surface area contributed by atoms with E-state index in [1.165, 1.54) is 20.3 Å². The third-order valence-electron chi connectivity index (χ3n) is 4.87. The summed E-state index contributed by atoms with van der Waals surface area (Å²) in [6.07, 6.45) is 0. The molecular formula is C20H27N3O4S. The van der Waals surface area contributed by atoms with E-state index in [1.807, 2.05) is 12.1 Å². The van der Waals surface area contributed by atoms with Gasteiger partial charge in [0.2, 0.25) is 0 Å². The number of hydrogen-bond donors (Lipinski definition) is 1. The fraction of sp³-hybridized carbons (Fsp3) is 0.400. The second-order valence-electron chi connectivity index (χ2n) is 6.90. The van der Waals surface area contributed by atoms with E-state index in [9.17, 15) is 8.42 Å². The first kappa shape index (κ1) is 20.4. The predicted octanol–water partition coefficient (Wildman–Crippen LogP) is 2.25. The monoisotopic (exact) mass is 405 g/mol. The molecule has 7 nitrogen and oxygen atoms in total. The summed E-state index contributed by atoms with van der Waals surface area (Å²) in [6.45, 7) is 5.09. The van der Waals surface area contributed by atoms with Gasteiger partial charge >= 0.3 is 0 Å². The highest BCUT2D eigenvalue weighted by atomic mass is 32.2. The van der Waals surface area contributed by atoms with E-state index in [-0.39, 0.29) is 10.6 Å². The Morgan fingerprint density at radius 1 is 0.964 bits per heavy atom. The molecular weight excluding hydrogens is 378 g/mol. The lowest BCUT2D eigenvalue weighted by Gasteiger charge is -2.32. The normalized spacial score (nSPS) is 16.0. The Balaban J connectivity index is 1.71. The van der Waals surface area contributed by atoms with Gasteiger partial charge in [-0.05, 0) is 36.9 Å². The molecule has 2 aromatic carbocycles. The largest absolute Gasteiger partial charge is 0.497 e. The van der Waals surface area contributed by atoms with Gasteiger partial charge in [-0.1, -0.05) is 12.1 Å². The van der Waals surface area contributed by atoms with Crippen molar-refractivity contribution < 1.29 is 17.9 Å². The number of nitrogens with zero attached hydrogens (tertiary/aromatic N) is 2. The van der Waals surface area contributed by atoms with Gasteiger partial charge in [-0.15, -0.1) is 0 Å². The lowest BCUT2D eigenvalue weighted by Crippen LogP contribution is -2.43. The zero-order valence-electron chi connectivity index (χ0n) is 16.5. The molecule has 1 saturated heterocycles. The topological polar surface area (TPSA) is 71.1 Å². The van der Waals surface area contributed by atoms with Crippen LogP contribution in [-0.2, 0) is 16.6 Å². The molecule has 3 rings (SSSR count). The van der Waals surface area contributed by atoms with Crippen LogP contribution in [0, 0.1) is 0 Å². The maximum absolute atomic E-state index is 12.8. The third-order valence-corrected chi connectivity index (χ3v) is 6.27. The molecule has 0 atom stereocenters. The van der Waals surface area contributed by atoms with E-state index < -0.39 is 10.0 Å². The maximum atomic E-state index is 12.8. The maximum Gasteiger partial charge on any atom is 0.265 e. The smallest absolute Gasteiger partial charge is 0.265 e. The first-order valence-corrected chi connectivity index (χ1v) is 10.6. The van der Waals surface area contributed by atoms with Crippen molar-refractivity contribution in [2.75, 3.05) is 52.2 Å². The van der Waals surface area contributed by atoms with E-state index >= 15 is 0 Å². The molecule has 1 aliphatic heterocycles. The highest BCUT2D eigenvalue weighted by Crippen LogP contribution is 2.29. The number of likely N-dealkylation sites (N-methyl/N-ethyl adjacent to an activating group) is 1. The number of piperazine rings is 1. The highest BCUT2D eigenvalue weighted by Gasteiger charge is 2.21. The van der Waals surface area contributed by atoms with Crippen LogP contribution in [-0.4, -0.2) is 65.7 Å². The van der Waals surface area contributed by atoms with Crippen LogP contribution in [0.5, 0.6) is 11.5 Å². The van der Waals surface area contributed by atoms with E-state index in [0.29, 0.717) is 11.4 Å². The molecule has 0 radical (unpaired) electrons. The standard InChI is InChI=1S/C20H27N3O4S/c1-22-10-12-23(13-11-22)15-16-4-6-17(7-5-16)21-28(24,25)20-14-18(26-2)8-9-19(20)27-3/h4-9,14,21H,10-13,15H2,1-3H3. The van der Waals surface area contributed by atoms with E-state index in [1.54, 1.807) is 24.3 Å². The molecule has 1 heterocycles. The molecule has 0 unspecified atom stereocenters. The Morgan fingerprint density at radius 3 is 2.25 bits per heavy atom. The molecule has 0 bridgehead atoms. The van der Waals surface area contributed by atoms with Crippen molar-refractivity contribution in [2.45, 2.75) is 11.4 Å². The molecule has 0 spiro atoms. The second-order valence-corrected chi connectivity index (χ2v) is 8.55. The Hall–Kier alpha value is -2.29. The SMILES string of the molecule is COc1ccc(OC)c(S(=O)(=O)Nc2ccc(CN3CCN(C)CC3)cc2)c1. The molecule has 1 N–H and O–H groups in total. The molecule has 0 amide bonds. The van der Waals surface area contributed by atoms with Crippen molar-refractivity contribution in [2.24, 2.45) is 0 Å². The first-order chi connectivity index (χ1) is 13.4. The molecule has 28 heavy (non-hydrogen) atoms. The first-order valence-electron chi connectivity index (χ1n) is 9.16. The zero-order valence-corrected chi connectivity index (χ0v) is 17.3. The van der Waals surface area contributed by atoms with Crippen LogP contribution in [0.25, 0.3) is 0 Å². The quantitative estimate of drug-likeness (QED) is 0.762. The van der Waals surface area contributed by atoms with Crippen LogP contribution in [0.4, 0.5) is 5.69 Å². The number of sulfonamides is 1. The third kappa shape index (κ3) is 4.95. The molecule has 1 aliphatic rings. The van der Waals surface area contributed by atoms with Crippen LogP contribution in [0.2, 0.25) is 0 Å². The van der Waals surface area contributed by atoms with Gasteiger partial charge in [-0.2, -0.15) is 0 Å². The number of anilines is 1. The van der Waals surface area contributed by atoms with Crippen molar-refractivity contribution in [3.8, 4) is 11.5 Å². The minimum absolute atomic E-state index is 0.0378. The van der Waals surface area contributed by atoms with Crippen LogP contribution in [0.1, 0.15) is 5.56 Å². The Morgan fingerprint density at radius 2 is 1.64 bits per heavy atom. The molecule has 1 fully saturated rings. The van der Waals surface area contributed by atoms with Gasteiger partial charge in [-0.3, -0.25) is 9.62 Å². The average molecular weight is 406 g/mol. The fourth-order valence-electron chi connectivity index (χ4n) is 3.15.